The van der Waals surface area contributed by atoms with E-state index < -0.39 is 0 Å². The molecule has 1 nitrogen and oxygen atoms in total. The fourth-order valence-electron chi connectivity index (χ4n) is 1.89. The third-order valence-corrected chi connectivity index (χ3v) is 2.92. The smallest absolute Gasteiger partial charge is 0.00128 e. The molecule has 0 fully saturated rings. The predicted octanol–water partition coefficient (Wildman–Crippen LogP) is 4.64. The Labute approximate surface area is 103 Å². The molecule has 1 heteroatoms. The SMILES string of the molecule is CCCCCCC/C=C\CCN(C)CCC. The van der Waals surface area contributed by atoms with Crippen molar-refractivity contribution in [3.8, 4) is 0 Å². The fourth-order valence-corrected chi connectivity index (χ4v) is 1.89. The van der Waals surface area contributed by atoms with Crippen LogP contribution in [0, 0.1) is 0 Å². The van der Waals surface area contributed by atoms with Crippen LogP contribution in [-0.2, 0) is 0 Å². The minimum absolute atomic E-state index is 1.21. The van der Waals surface area contributed by atoms with Crippen LogP contribution < -0.4 is 0 Å². The zero-order valence-electron chi connectivity index (χ0n) is 11.7. The normalized spacial score (nSPS) is 11.8. The molecule has 16 heavy (non-hydrogen) atoms. The summed E-state index contributed by atoms with van der Waals surface area (Å²) in [5.74, 6) is 0. The van der Waals surface area contributed by atoms with Crippen molar-refractivity contribution in [1.29, 1.82) is 0 Å². The molecule has 0 unspecified atom stereocenters. The predicted molar refractivity (Wildman–Crippen MR) is 74.9 cm³/mol. The summed E-state index contributed by atoms with van der Waals surface area (Å²) in [6.45, 7) is 6.94. The molecular formula is C15H31N. The van der Waals surface area contributed by atoms with E-state index in [9.17, 15) is 0 Å². The van der Waals surface area contributed by atoms with Crippen LogP contribution in [-0.4, -0.2) is 25.0 Å². The number of rotatable bonds is 11. The van der Waals surface area contributed by atoms with Crippen LogP contribution in [0.4, 0.5) is 0 Å². The van der Waals surface area contributed by atoms with Gasteiger partial charge in [0.25, 0.3) is 0 Å². The van der Waals surface area contributed by atoms with Gasteiger partial charge in [0.1, 0.15) is 0 Å². The Bertz CT molecular complexity index is 152. The Hall–Kier alpha value is -0.300. The number of unbranched alkanes of at least 4 members (excludes halogenated alkanes) is 5. The fraction of sp³-hybridized carbons (Fsp3) is 0.867. The first kappa shape index (κ1) is 15.7. The van der Waals surface area contributed by atoms with E-state index in [-0.39, 0.29) is 0 Å². The van der Waals surface area contributed by atoms with Crippen molar-refractivity contribution >= 4 is 0 Å². The lowest BCUT2D eigenvalue weighted by molar-refractivity contribution is 0.341. The summed E-state index contributed by atoms with van der Waals surface area (Å²) in [7, 11) is 2.21. The van der Waals surface area contributed by atoms with Gasteiger partial charge >= 0.3 is 0 Å². The van der Waals surface area contributed by atoms with Crippen molar-refractivity contribution in [3.05, 3.63) is 12.2 Å². The molecule has 0 aliphatic carbocycles. The van der Waals surface area contributed by atoms with Crippen molar-refractivity contribution < 1.29 is 0 Å². The second kappa shape index (κ2) is 12.8. The molecule has 0 bridgehead atoms. The van der Waals surface area contributed by atoms with Gasteiger partial charge in [0.2, 0.25) is 0 Å². The van der Waals surface area contributed by atoms with Crippen LogP contribution in [0.1, 0.15) is 65.2 Å². The molecule has 0 atom stereocenters. The van der Waals surface area contributed by atoms with Gasteiger partial charge in [-0.05, 0) is 39.3 Å². The van der Waals surface area contributed by atoms with Gasteiger partial charge in [-0.25, -0.2) is 0 Å². The van der Waals surface area contributed by atoms with E-state index in [4.69, 9.17) is 0 Å². The average molecular weight is 225 g/mol. The van der Waals surface area contributed by atoms with Crippen molar-refractivity contribution in [3.63, 3.8) is 0 Å². The highest BCUT2D eigenvalue weighted by Crippen LogP contribution is 2.05. The molecule has 0 heterocycles. The Balaban J connectivity index is 3.15. The maximum Gasteiger partial charge on any atom is 0.00128 e. The molecule has 0 radical (unpaired) electrons. The molecule has 0 rings (SSSR count). The molecular weight excluding hydrogens is 194 g/mol. The summed E-state index contributed by atoms with van der Waals surface area (Å²) >= 11 is 0. The summed E-state index contributed by atoms with van der Waals surface area (Å²) in [6.07, 6.45) is 15.4. The van der Waals surface area contributed by atoms with Crippen molar-refractivity contribution in [2.24, 2.45) is 0 Å². The maximum atomic E-state index is 2.41. The summed E-state index contributed by atoms with van der Waals surface area (Å²) in [5.41, 5.74) is 0. The zero-order valence-corrected chi connectivity index (χ0v) is 11.7. The topological polar surface area (TPSA) is 3.24 Å². The molecule has 0 spiro atoms. The minimum atomic E-state index is 1.21. The number of hydrogen-bond acceptors (Lipinski definition) is 1. The zero-order chi connectivity index (χ0) is 12.1. The molecule has 0 aromatic heterocycles. The van der Waals surface area contributed by atoms with Crippen LogP contribution in [0.2, 0.25) is 0 Å². The van der Waals surface area contributed by atoms with E-state index in [1.165, 1.54) is 64.5 Å². The monoisotopic (exact) mass is 225 g/mol. The van der Waals surface area contributed by atoms with Gasteiger partial charge in [-0.15, -0.1) is 0 Å². The molecule has 0 saturated carbocycles. The van der Waals surface area contributed by atoms with Gasteiger partial charge in [-0.2, -0.15) is 0 Å². The standard InChI is InChI=1S/C15H31N/c1-4-6-7-8-9-10-11-12-13-15-16(3)14-5-2/h11-12H,4-10,13-15H2,1-3H3/b12-11-. The molecule has 0 aliphatic heterocycles. The summed E-state index contributed by atoms with van der Waals surface area (Å²) in [5, 5.41) is 0. The van der Waals surface area contributed by atoms with Crippen LogP contribution >= 0.6 is 0 Å². The van der Waals surface area contributed by atoms with E-state index in [1.807, 2.05) is 0 Å². The van der Waals surface area contributed by atoms with E-state index >= 15 is 0 Å². The lowest BCUT2D eigenvalue weighted by Crippen LogP contribution is -2.19. The molecule has 0 aliphatic rings. The van der Waals surface area contributed by atoms with Crippen LogP contribution in [0.25, 0.3) is 0 Å². The first-order valence-electron chi connectivity index (χ1n) is 7.14. The van der Waals surface area contributed by atoms with Crippen LogP contribution in [0.5, 0.6) is 0 Å². The number of allylic oxidation sites excluding steroid dienone is 1. The van der Waals surface area contributed by atoms with Gasteiger partial charge < -0.3 is 4.90 Å². The molecule has 0 amide bonds. The largest absolute Gasteiger partial charge is 0.306 e. The van der Waals surface area contributed by atoms with E-state index in [0.29, 0.717) is 0 Å². The third kappa shape index (κ3) is 11.8. The first-order valence-corrected chi connectivity index (χ1v) is 7.14. The highest BCUT2D eigenvalue weighted by molar-refractivity contribution is 4.82. The molecule has 96 valence electrons. The summed E-state index contributed by atoms with van der Waals surface area (Å²) in [6, 6.07) is 0. The van der Waals surface area contributed by atoms with Gasteiger partial charge in [-0.1, -0.05) is 51.7 Å². The third-order valence-electron chi connectivity index (χ3n) is 2.92. The second-order valence-corrected chi connectivity index (χ2v) is 4.77. The van der Waals surface area contributed by atoms with E-state index in [2.05, 4.69) is 37.9 Å². The number of nitrogens with zero attached hydrogens (tertiary/aromatic N) is 1. The lowest BCUT2D eigenvalue weighted by atomic mass is 10.1. The number of hydrogen-bond donors (Lipinski definition) is 0. The molecule has 0 saturated heterocycles. The summed E-state index contributed by atoms with van der Waals surface area (Å²) in [4.78, 5) is 2.41. The summed E-state index contributed by atoms with van der Waals surface area (Å²) < 4.78 is 0. The van der Waals surface area contributed by atoms with Gasteiger partial charge in [-0.3, -0.25) is 0 Å². The highest BCUT2D eigenvalue weighted by Gasteiger charge is 1.92. The van der Waals surface area contributed by atoms with Crippen LogP contribution in [0.3, 0.4) is 0 Å². The first-order chi connectivity index (χ1) is 7.81. The molecule has 0 aromatic rings. The van der Waals surface area contributed by atoms with Gasteiger partial charge in [0.15, 0.2) is 0 Å². The van der Waals surface area contributed by atoms with Gasteiger partial charge in [0, 0.05) is 6.54 Å². The maximum absolute atomic E-state index is 2.41. The van der Waals surface area contributed by atoms with Crippen molar-refractivity contribution in [2.75, 3.05) is 20.1 Å². The minimum Gasteiger partial charge on any atom is -0.306 e. The Morgan fingerprint density at radius 3 is 2.12 bits per heavy atom. The van der Waals surface area contributed by atoms with Gasteiger partial charge in [0.05, 0.1) is 0 Å². The van der Waals surface area contributed by atoms with Crippen LogP contribution in [0.15, 0.2) is 12.2 Å². The second-order valence-electron chi connectivity index (χ2n) is 4.77. The lowest BCUT2D eigenvalue weighted by Gasteiger charge is -2.13. The van der Waals surface area contributed by atoms with Crippen molar-refractivity contribution in [2.45, 2.75) is 65.2 Å². The highest BCUT2D eigenvalue weighted by atomic mass is 15.1. The van der Waals surface area contributed by atoms with E-state index in [1.54, 1.807) is 0 Å². The van der Waals surface area contributed by atoms with Crippen molar-refractivity contribution in [1.82, 2.24) is 4.90 Å². The average Bonchev–Trinajstić information content (AvgIpc) is 2.27. The molecule has 0 N–H and O–H groups in total. The Morgan fingerprint density at radius 1 is 0.750 bits per heavy atom. The quantitative estimate of drug-likeness (QED) is 0.366. The van der Waals surface area contributed by atoms with E-state index in [0.717, 1.165) is 0 Å². The Kier molecular flexibility index (Phi) is 12.5. The Morgan fingerprint density at radius 2 is 1.44 bits per heavy atom. The molecule has 0 aromatic carbocycles.